The Labute approximate surface area is 193 Å². The second-order valence-corrected chi connectivity index (χ2v) is 10.6. The van der Waals surface area contributed by atoms with Gasteiger partial charge in [-0.25, -0.2) is 12.7 Å². The van der Waals surface area contributed by atoms with Crippen molar-refractivity contribution in [3.63, 3.8) is 0 Å². The molecule has 0 bridgehead atoms. The van der Waals surface area contributed by atoms with Crippen LogP contribution in [0.3, 0.4) is 0 Å². The van der Waals surface area contributed by atoms with Crippen molar-refractivity contribution >= 4 is 27.5 Å². The highest BCUT2D eigenvalue weighted by Crippen LogP contribution is 2.40. The van der Waals surface area contributed by atoms with Gasteiger partial charge in [0.05, 0.1) is 10.5 Å². The fourth-order valence-electron chi connectivity index (χ4n) is 3.72. The molecule has 1 amide bonds. The highest BCUT2D eigenvalue weighted by Gasteiger charge is 2.47. The van der Waals surface area contributed by atoms with Crippen LogP contribution in [0.25, 0.3) is 5.76 Å². The molecule has 1 aromatic carbocycles. The molecular weight excluding hydrogens is 446 g/mol. The predicted molar refractivity (Wildman–Crippen MR) is 123 cm³/mol. The van der Waals surface area contributed by atoms with Gasteiger partial charge in [-0.05, 0) is 70.4 Å². The third kappa shape index (κ3) is 4.87. The third-order valence-corrected chi connectivity index (χ3v) is 7.31. The van der Waals surface area contributed by atoms with Gasteiger partial charge in [0, 0.05) is 26.2 Å². The lowest BCUT2D eigenvalue weighted by Gasteiger charge is -2.24. The summed E-state index contributed by atoms with van der Waals surface area (Å²) in [7, 11) is 3.03. The van der Waals surface area contributed by atoms with Gasteiger partial charge in [-0.3, -0.25) is 9.59 Å². The van der Waals surface area contributed by atoms with Crippen LogP contribution in [0.2, 0.25) is 0 Å². The molecule has 178 valence electrons. The van der Waals surface area contributed by atoms with Gasteiger partial charge in [0.2, 0.25) is 10.0 Å². The topological polar surface area (TPSA) is 111 Å². The van der Waals surface area contributed by atoms with Crippen molar-refractivity contribution in [2.24, 2.45) is 0 Å². The van der Waals surface area contributed by atoms with E-state index < -0.39 is 27.8 Å². The number of hydrogen-bond acceptors (Lipinski definition) is 7. The van der Waals surface area contributed by atoms with E-state index >= 15 is 0 Å². The molecule has 0 saturated carbocycles. The maximum atomic E-state index is 13.0. The van der Waals surface area contributed by atoms with Gasteiger partial charge in [-0.15, -0.1) is 0 Å². The fraction of sp³-hybridized carbons (Fsp3) is 0.391. The lowest BCUT2D eigenvalue weighted by molar-refractivity contribution is -0.140. The number of amides is 1. The molecule has 1 aliphatic rings. The number of aliphatic hydroxyl groups excluding tert-OH is 1. The summed E-state index contributed by atoms with van der Waals surface area (Å²) in [6.07, 6.45) is 0.632. The van der Waals surface area contributed by atoms with E-state index in [2.05, 4.69) is 0 Å². The smallest absolute Gasteiger partial charge is 0.295 e. The minimum Gasteiger partial charge on any atom is -0.507 e. The molecule has 2 heterocycles. The molecular formula is C23H29N3O6S. The summed E-state index contributed by atoms with van der Waals surface area (Å²) in [6, 6.07) is 8.07. The largest absolute Gasteiger partial charge is 0.507 e. The van der Waals surface area contributed by atoms with E-state index in [-0.39, 0.29) is 21.8 Å². The Morgan fingerprint density at radius 2 is 1.70 bits per heavy atom. The van der Waals surface area contributed by atoms with E-state index in [0.29, 0.717) is 31.0 Å². The Morgan fingerprint density at radius 3 is 2.21 bits per heavy atom. The minimum atomic E-state index is -3.65. The summed E-state index contributed by atoms with van der Waals surface area (Å²) in [6.45, 7) is 2.78. The lowest BCUT2D eigenvalue weighted by atomic mass is 9.99. The monoisotopic (exact) mass is 475 g/mol. The van der Waals surface area contributed by atoms with E-state index in [1.807, 2.05) is 19.0 Å². The first-order valence-electron chi connectivity index (χ1n) is 10.5. The maximum Gasteiger partial charge on any atom is 0.295 e. The summed E-state index contributed by atoms with van der Waals surface area (Å²) in [5, 5.41) is 11.1. The van der Waals surface area contributed by atoms with E-state index in [0.717, 1.165) is 4.31 Å². The van der Waals surface area contributed by atoms with Crippen molar-refractivity contribution in [2.45, 2.75) is 24.3 Å². The molecule has 1 atom stereocenters. The number of likely N-dealkylation sites (tertiary alicyclic amines) is 1. The molecule has 2 aromatic rings. The van der Waals surface area contributed by atoms with Crippen LogP contribution in [0.5, 0.6) is 0 Å². The summed E-state index contributed by atoms with van der Waals surface area (Å²) in [5.41, 5.74) is 0.148. The van der Waals surface area contributed by atoms with Crippen LogP contribution in [0.15, 0.2) is 51.3 Å². The van der Waals surface area contributed by atoms with Crippen molar-refractivity contribution in [3.8, 4) is 0 Å². The van der Waals surface area contributed by atoms with Crippen molar-refractivity contribution in [1.82, 2.24) is 14.1 Å². The number of Topliss-reactive ketones (excluding diaryl/α,β-unsaturated/α-hetero) is 1. The number of carbonyl (C=O) groups is 2. The first-order valence-corrected chi connectivity index (χ1v) is 11.9. The van der Waals surface area contributed by atoms with Crippen molar-refractivity contribution in [3.05, 3.63) is 59.1 Å². The fourth-order valence-corrected chi connectivity index (χ4v) is 4.62. The Hall–Kier alpha value is -2.95. The molecule has 33 heavy (non-hydrogen) atoms. The average Bonchev–Trinajstić information content (AvgIpc) is 3.29. The van der Waals surface area contributed by atoms with Crippen LogP contribution in [-0.4, -0.2) is 80.6 Å². The average molecular weight is 476 g/mol. The van der Waals surface area contributed by atoms with E-state index in [1.54, 1.807) is 19.1 Å². The quantitative estimate of drug-likeness (QED) is 0.354. The second-order valence-electron chi connectivity index (χ2n) is 8.41. The van der Waals surface area contributed by atoms with Gasteiger partial charge >= 0.3 is 0 Å². The third-order valence-electron chi connectivity index (χ3n) is 5.48. The molecule has 1 saturated heterocycles. The van der Waals surface area contributed by atoms with E-state index in [1.165, 1.54) is 43.3 Å². The molecule has 1 N–H and O–H groups in total. The number of aliphatic hydroxyl groups is 1. The maximum absolute atomic E-state index is 13.0. The van der Waals surface area contributed by atoms with Crippen LogP contribution in [0, 0.1) is 6.92 Å². The Kier molecular flexibility index (Phi) is 7.11. The van der Waals surface area contributed by atoms with Gasteiger partial charge in [-0.2, -0.15) is 0 Å². The number of benzene rings is 1. The van der Waals surface area contributed by atoms with Gasteiger partial charge in [-0.1, -0.05) is 0 Å². The molecule has 0 aliphatic carbocycles. The van der Waals surface area contributed by atoms with E-state index in [4.69, 9.17) is 4.42 Å². The van der Waals surface area contributed by atoms with Crippen LogP contribution >= 0.6 is 0 Å². The zero-order valence-corrected chi connectivity index (χ0v) is 20.2. The van der Waals surface area contributed by atoms with Gasteiger partial charge < -0.3 is 19.3 Å². The molecule has 0 spiro atoms. The van der Waals surface area contributed by atoms with Crippen molar-refractivity contribution in [2.75, 3.05) is 41.3 Å². The molecule has 1 fully saturated rings. The lowest BCUT2D eigenvalue weighted by Crippen LogP contribution is -2.32. The SMILES string of the molecule is Cc1ccc(C2C(=C(O)c3ccc(S(=O)(=O)N(C)C)cc3)C(=O)C(=O)N2CCCN(C)C)o1. The van der Waals surface area contributed by atoms with Crippen LogP contribution in [-0.2, 0) is 19.6 Å². The minimum absolute atomic E-state index is 0.0476. The molecule has 1 aliphatic heterocycles. The van der Waals surface area contributed by atoms with E-state index in [9.17, 15) is 23.1 Å². The number of rotatable bonds is 8. The Balaban J connectivity index is 2.05. The normalized spacial score (nSPS) is 18.6. The molecule has 1 aromatic heterocycles. The number of aryl methyl sites for hydroxylation is 1. The standard InChI is InChI=1S/C23H29N3O6S/c1-15-7-12-18(32-15)20-19(22(28)23(29)26(20)14-6-13-24(2)3)21(27)16-8-10-17(11-9-16)33(30,31)25(4)5/h7-12,20,27H,6,13-14H2,1-5H3. The van der Waals surface area contributed by atoms with Gasteiger partial charge in [0.15, 0.2) is 0 Å². The zero-order chi connectivity index (χ0) is 24.5. The number of nitrogens with zero attached hydrogens (tertiary/aromatic N) is 3. The van der Waals surface area contributed by atoms with Gasteiger partial charge in [0.25, 0.3) is 11.7 Å². The number of furan rings is 1. The number of carbonyl (C=O) groups excluding carboxylic acids is 2. The molecule has 1 unspecified atom stereocenters. The second kappa shape index (κ2) is 9.50. The zero-order valence-electron chi connectivity index (χ0n) is 19.4. The Bertz CT molecular complexity index is 1180. The van der Waals surface area contributed by atoms with Crippen LogP contribution in [0.1, 0.15) is 29.5 Å². The molecule has 9 nitrogen and oxygen atoms in total. The van der Waals surface area contributed by atoms with Crippen molar-refractivity contribution < 1.29 is 27.5 Å². The summed E-state index contributed by atoms with van der Waals surface area (Å²) in [4.78, 5) is 29.3. The summed E-state index contributed by atoms with van der Waals surface area (Å²) >= 11 is 0. The molecule has 0 radical (unpaired) electrons. The summed E-state index contributed by atoms with van der Waals surface area (Å²) in [5.74, 6) is -0.897. The van der Waals surface area contributed by atoms with Crippen LogP contribution < -0.4 is 0 Å². The van der Waals surface area contributed by atoms with Gasteiger partial charge in [0.1, 0.15) is 23.3 Å². The molecule has 10 heteroatoms. The number of ketones is 1. The van der Waals surface area contributed by atoms with Crippen molar-refractivity contribution in [1.29, 1.82) is 0 Å². The first kappa shape index (κ1) is 24.7. The molecule has 3 rings (SSSR count). The number of sulfonamides is 1. The highest BCUT2D eigenvalue weighted by atomic mass is 32.2. The van der Waals surface area contributed by atoms with Crippen LogP contribution in [0.4, 0.5) is 0 Å². The Morgan fingerprint density at radius 1 is 1.06 bits per heavy atom. The summed E-state index contributed by atoms with van der Waals surface area (Å²) < 4.78 is 31.5. The predicted octanol–water partition coefficient (Wildman–Crippen LogP) is 2.21. The highest BCUT2D eigenvalue weighted by molar-refractivity contribution is 7.89. The number of hydrogen-bond donors (Lipinski definition) is 1. The first-order chi connectivity index (χ1) is 15.4.